The minimum Gasteiger partial charge on any atom is -0.497 e. The molecule has 2 aliphatic rings. The van der Waals surface area contributed by atoms with Gasteiger partial charge in [0.05, 0.1) is 19.3 Å². The zero-order chi connectivity index (χ0) is 20.2. The van der Waals surface area contributed by atoms with Crippen LogP contribution in [0.5, 0.6) is 5.75 Å². The van der Waals surface area contributed by atoms with E-state index in [0.29, 0.717) is 43.2 Å². The Morgan fingerprint density at radius 3 is 2.41 bits per heavy atom. The molecule has 1 aromatic heterocycles. The predicted molar refractivity (Wildman–Crippen MR) is 107 cm³/mol. The van der Waals surface area contributed by atoms with Gasteiger partial charge in [-0.15, -0.1) is 5.10 Å². The Morgan fingerprint density at radius 2 is 1.76 bits per heavy atom. The Morgan fingerprint density at radius 1 is 1.07 bits per heavy atom. The number of likely N-dealkylation sites (tertiary alicyclic amines) is 1. The summed E-state index contributed by atoms with van der Waals surface area (Å²) in [7, 11) is 1.61. The van der Waals surface area contributed by atoms with Crippen LogP contribution in [-0.2, 0) is 0 Å². The molecule has 0 unspecified atom stereocenters. The molecule has 0 spiro atoms. The molecule has 0 saturated carbocycles. The summed E-state index contributed by atoms with van der Waals surface area (Å²) in [5.41, 5.74) is 1.09. The number of rotatable bonds is 5. The number of ketones is 1. The van der Waals surface area contributed by atoms with Gasteiger partial charge in [0.15, 0.2) is 11.5 Å². The fourth-order valence-electron chi connectivity index (χ4n) is 4.12. The van der Waals surface area contributed by atoms with Crippen molar-refractivity contribution >= 4 is 11.7 Å². The van der Waals surface area contributed by atoms with Gasteiger partial charge < -0.3 is 15.0 Å². The number of methoxy groups -OCH3 is 1. The summed E-state index contributed by atoms with van der Waals surface area (Å²) in [4.78, 5) is 27.3. The minimum atomic E-state index is -0.0967. The van der Waals surface area contributed by atoms with Crippen LogP contribution in [0.2, 0.25) is 0 Å². The van der Waals surface area contributed by atoms with Gasteiger partial charge in [-0.2, -0.15) is 0 Å². The second-order valence-electron chi connectivity index (χ2n) is 7.72. The smallest absolute Gasteiger partial charge is 0.276 e. The second kappa shape index (κ2) is 8.73. The van der Waals surface area contributed by atoms with Crippen molar-refractivity contribution in [3.05, 3.63) is 41.7 Å². The molecule has 8 heteroatoms. The van der Waals surface area contributed by atoms with Crippen molar-refractivity contribution in [3.63, 3.8) is 0 Å². The highest BCUT2D eigenvalue weighted by molar-refractivity contribution is 5.98. The van der Waals surface area contributed by atoms with Gasteiger partial charge in [-0.05, 0) is 63.0 Å². The maximum Gasteiger partial charge on any atom is 0.276 e. The van der Waals surface area contributed by atoms with Gasteiger partial charge in [0, 0.05) is 24.6 Å². The molecule has 2 aromatic rings. The normalized spacial score (nSPS) is 18.6. The largest absolute Gasteiger partial charge is 0.497 e. The molecule has 0 aliphatic carbocycles. The summed E-state index contributed by atoms with van der Waals surface area (Å²) >= 11 is 0. The number of Topliss-reactive ketones (excluding diaryl/α,β-unsaturated/α-hetero) is 1. The standard InChI is InChI=1S/C21H27N5O3/c1-29-18-4-2-15(3-5-18)20(27)16-8-12-25(13-9-16)21(28)19-14-26(24-23-19)17-6-10-22-11-7-17/h2-5,14,16-17,22H,6-13H2,1H3. The minimum absolute atomic E-state index is 0.0575. The van der Waals surface area contributed by atoms with Crippen LogP contribution in [0.4, 0.5) is 0 Å². The van der Waals surface area contributed by atoms with E-state index >= 15 is 0 Å². The first-order valence-corrected chi connectivity index (χ1v) is 10.3. The number of piperidine rings is 2. The summed E-state index contributed by atoms with van der Waals surface area (Å²) in [6, 6.07) is 7.52. The first-order valence-electron chi connectivity index (χ1n) is 10.3. The third-order valence-electron chi connectivity index (χ3n) is 5.94. The van der Waals surface area contributed by atoms with Crippen LogP contribution in [0.15, 0.2) is 30.5 Å². The highest BCUT2D eigenvalue weighted by atomic mass is 16.5. The summed E-state index contributed by atoms with van der Waals surface area (Å²) < 4.78 is 6.97. The van der Waals surface area contributed by atoms with E-state index < -0.39 is 0 Å². The van der Waals surface area contributed by atoms with Gasteiger partial charge >= 0.3 is 0 Å². The third-order valence-corrected chi connectivity index (χ3v) is 5.94. The van der Waals surface area contributed by atoms with Crippen molar-refractivity contribution in [1.82, 2.24) is 25.2 Å². The Hall–Kier alpha value is -2.74. The predicted octanol–water partition coefficient (Wildman–Crippen LogP) is 1.95. The van der Waals surface area contributed by atoms with Crippen molar-refractivity contribution in [3.8, 4) is 5.75 Å². The number of carbonyl (C=O) groups excluding carboxylic acids is 2. The van der Waals surface area contributed by atoms with Crippen LogP contribution in [-0.4, -0.2) is 64.9 Å². The lowest BCUT2D eigenvalue weighted by molar-refractivity contribution is 0.0645. The maximum atomic E-state index is 12.8. The molecule has 2 fully saturated rings. The van der Waals surface area contributed by atoms with Crippen molar-refractivity contribution < 1.29 is 14.3 Å². The molecule has 154 valence electrons. The average Bonchev–Trinajstić information content (AvgIpc) is 3.29. The molecular formula is C21H27N5O3. The molecule has 0 atom stereocenters. The Labute approximate surface area is 170 Å². The number of hydrogen-bond acceptors (Lipinski definition) is 6. The monoisotopic (exact) mass is 397 g/mol. The lowest BCUT2D eigenvalue weighted by atomic mass is 9.89. The van der Waals surface area contributed by atoms with Crippen molar-refractivity contribution in [2.75, 3.05) is 33.3 Å². The number of nitrogens with zero attached hydrogens (tertiary/aromatic N) is 4. The number of amides is 1. The van der Waals surface area contributed by atoms with E-state index in [1.807, 2.05) is 4.68 Å². The van der Waals surface area contributed by atoms with Gasteiger partial charge in [-0.1, -0.05) is 5.21 Å². The molecule has 8 nitrogen and oxygen atoms in total. The maximum absolute atomic E-state index is 12.8. The van der Waals surface area contributed by atoms with Crippen molar-refractivity contribution in [1.29, 1.82) is 0 Å². The zero-order valence-electron chi connectivity index (χ0n) is 16.7. The van der Waals surface area contributed by atoms with Gasteiger partial charge in [0.1, 0.15) is 5.75 Å². The molecule has 1 amide bonds. The fourth-order valence-corrected chi connectivity index (χ4v) is 4.12. The van der Waals surface area contributed by atoms with E-state index in [-0.39, 0.29) is 17.6 Å². The van der Waals surface area contributed by atoms with E-state index in [9.17, 15) is 9.59 Å². The molecule has 1 aromatic carbocycles. The van der Waals surface area contributed by atoms with Crippen LogP contribution in [0.1, 0.15) is 52.6 Å². The number of hydrogen-bond donors (Lipinski definition) is 1. The van der Waals surface area contributed by atoms with Crippen molar-refractivity contribution in [2.45, 2.75) is 31.7 Å². The average molecular weight is 397 g/mol. The highest BCUT2D eigenvalue weighted by Crippen LogP contribution is 2.24. The first kappa shape index (κ1) is 19.6. The van der Waals surface area contributed by atoms with E-state index in [0.717, 1.165) is 31.7 Å². The topological polar surface area (TPSA) is 89.4 Å². The number of benzene rings is 1. The third kappa shape index (κ3) is 4.32. The summed E-state index contributed by atoms with van der Waals surface area (Å²) in [5, 5.41) is 11.6. The molecule has 0 bridgehead atoms. The van der Waals surface area contributed by atoms with Crippen LogP contribution < -0.4 is 10.1 Å². The zero-order valence-corrected chi connectivity index (χ0v) is 16.7. The van der Waals surface area contributed by atoms with Crippen molar-refractivity contribution in [2.24, 2.45) is 5.92 Å². The van der Waals surface area contributed by atoms with Crippen LogP contribution in [0.25, 0.3) is 0 Å². The Bertz CT molecular complexity index is 849. The number of nitrogens with one attached hydrogen (secondary N) is 1. The lowest BCUT2D eigenvalue weighted by Crippen LogP contribution is -2.40. The number of ether oxygens (including phenoxy) is 1. The number of carbonyl (C=O) groups is 2. The van der Waals surface area contributed by atoms with Crippen LogP contribution in [0, 0.1) is 5.92 Å². The molecule has 0 radical (unpaired) electrons. The quantitative estimate of drug-likeness (QED) is 0.776. The first-order chi connectivity index (χ1) is 14.2. The van der Waals surface area contributed by atoms with Gasteiger partial charge in [0.25, 0.3) is 5.91 Å². The SMILES string of the molecule is COc1ccc(C(=O)C2CCN(C(=O)c3cn(C4CCNCC4)nn3)CC2)cc1. The molecule has 3 heterocycles. The molecule has 29 heavy (non-hydrogen) atoms. The number of aromatic nitrogens is 3. The van der Waals surface area contributed by atoms with Gasteiger partial charge in [0.2, 0.25) is 0 Å². The van der Waals surface area contributed by atoms with Crippen LogP contribution in [0.3, 0.4) is 0 Å². The highest BCUT2D eigenvalue weighted by Gasteiger charge is 2.30. The molecule has 1 N–H and O–H groups in total. The van der Waals surface area contributed by atoms with E-state index in [1.54, 1.807) is 42.5 Å². The summed E-state index contributed by atoms with van der Waals surface area (Å²) in [6.45, 7) is 3.05. The van der Waals surface area contributed by atoms with Crippen LogP contribution >= 0.6 is 0 Å². The summed E-state index contributed by atoms with van der Waals surface area (Å²) in [6.07, 6.45) is 5.09. The molecule has 2 aliphatic heterocycles. The summed E-state index contributed by atoms with van der Waals surface area (Å²) in [5.74, 6) is 0.717. The fraction of sp³-hybridized carbons (Fsp3) is 0.524. The van der Waals surface area contributed by atoms with E-state index in [4.69, 9.17) is 4.74 Å². The molecule has 2 saturated heterocycles. The Kier molecular flexibility index (Phi) is 5.89. The van der Waals surface area contributed by atoms with Gasteiger partial charge in [-0.3, -0.25) is 9.59 Å². The molecular weight excluding hydrogens is 370 g/mol. The molecule has 4 rings (SSSR count). The van der Waals surface area contributed by atoms with E-state index in [2.05, 4.69) is 15.6 Å². The lowest BCUT2D eigenvalue weighted by Gasteiger charge is -2.30. The second-order valence-corrected chi connectivity index (χ2v) is 7.72. The van der Waals surface area contributed by atoms with E-state index in [1.165, 1.54) is 0 Å². The Balaban J connectivity index is 1.33. The van der Waals surface area contributed by atoms with Gasteiger partial charge in [-0.25, -0.2) is 4.68 Å².